The number of pyridine rings is 1. The molecule has 7 heteroatoms. The monoisotopic (exact) mass is 295 g/mol. The second kappa shape index (κ2) is 7.68. The lowest BCUT2D eigenvalue weighted by atomic mass is 9.94. The van der Waals surface area contributed by atoms with Gasteiger partial charge in [-0.1, -0.05) is 6.42 Å². The zero-order chi connectivity index (χ0) is 16.0. The number of aromatic nitrogens is 1. The summed E-state index contributed by atoms with van der Waals surface area (Å²) in [4.78, 5) is 26.1. The Morgan fingerprint density at radius 2 is 2.14 bits per heavy atom. The molecule has 7 nitrogen and oxygen atoms in total. The standard InChI is InChI=1S/C14H21N3O4/c1-9-8-16-12(10(2)13(9)17(20)21)7-11(14(18)19)5-3-4-6-15/h8,11H,3-7,15H2,1-2H3,(H,18,19). The van der Waals surface area contributed by atoms with Crippen molar-refractivity contribution >= 4 is 11.7 Å². The summed E-state index contributed by atoms with van der Waals surface area (Å²) in [7, 11) is 0. The molecule has 1 atom stereocenters. The number of aryl methyl sites for hydroxylation is 1. The van der Waals surface area contributed by atoms with Crippen molar-refractivity contribution in [1.82, 2.24) is 4.98 Å². The van der Waals surface area contributed by atoms with Crippen LogP contribution in [-0.2, 0) is 11.2 Å². The van der Waals surface area contributed by atoms with Gasteiger partial charge in [0.15, 0.2) is 0 Å². The van der Waals surface area contributed by atoms with Gasteiger partial charge in [-0.25, -0.2) is 0 Å². The van der Waals surface area contributed by atoms with Gasteiger partial charge in [-0.2, -0.15) is 0 Å². The van der Waals surface area contributed by atoms with Gasteiger partial charge in [0.2, 0.25) is 0 Å². The van der Waals surface area contributed by atoms with Crippen LogP contribution in [0.3, 0.4) is 0 Å². The average Bonchev–Trinajstić information content (AvgIpc) is 2.39. The third-order valence-corrected chi connectivity index (χ3v) is 3.55. The molecule has 116 valence electrons. The van der Waals surface area contributed by atoms with Crippen molar-refractivity contribution < 1.29 is 14.8 Å². The first-order valence-corrected chi connectivity index (χ1v) is 6.90. The summed E-state index contributed by atoms with van der Waals surface area (Å²) in [6.07, 6.45) is 3.62. The summed E-state index contributed by atoms with van der Waals surface area (Å²) in [5.41, 5.74) is 6.83. The number of unbranched alkanes of at least 4 members (excludes halogenated alkanes) is 1. The van der Waals surface area contributed by atoms with E-state index < -0.39 is 16.8 Å². The van der Waals surface area contributed by atoms with Crippen LogP contribution in [0.2, 0.25) is 0 Å². The fraction of sp³-hybridized carbons (Fsp3) is 0.571. The van der Waals surface area contributed by atoms with Crippen molar-refractivity contribution in [3.05, 3.63) is 33.1 Å². The molecule has 0 aliphatic carbocycles. The molecule has 0 amide bonds. The van der Waals surface area contributed by atoms with Gasteiger partial charge >= 0.3 is 5.97 Å². The Hall–Kier alpha value is -2.02. The quantitative estimate of drug-likeness (QED) is 0.430. The van der Waals surface area contributed by atoms with Crippen LogP contribution in [0.5, 0.6) is 0 Å². The molecule has 0 saturated heterocycles. The third kappa shape index (κ3) is 4.49. The molecule has 1 aromatic heterocycles. The molecule has 0 aliphatic rings. The Balaban J connectivity index is 2.96. The highest BCUT2D eigenvalue weighted by molar-refractivity contribution is 5.70. The molecule has 21 heavy (non-hydrogen) atoms. The first kappa shape index (κ1) is 17.0. The maximum absolute atomic E-state index is 11.3. The van der Waals surface area contributed by atoms with Crippen LogP contribution >= 0.6 is 0 Å². The smallest absolute Gasteiger partial charge is 0.306 e. The van der Waals surface area contributed by atoms with Gasteiger partial charge < -0.3 is 10.8 Å². The molecule has 0 radical (unpaired) electrons. The number of nitrogens with two attached hydrogens (primary N) is 1. The summed E-state index contributed by atoms with van der Waals surface area (Å²) in [6, 6.07) is 0. The Morgan fingerprint density at radius 3 is 2.67 bits per heavy atom. The lowest BCUT2D eigenvalue weighted by Crippen LogP contribution is -2.18. The van der Waals surface area contributed by atoms with E-state index in [0.717, 1.165) is 12.8 Å². The molecule has 1 heterocycles. The minimum Gasteiger partial charge on any atom is -0.481 e. The minimum absolute atomic E-state index is 0.0195. The van der Waals surface area contributed by atoms with Crippen LogP contribution < -0.4 is 5.73 Å². The zero-order valence-corrected chi connectivity index (χ0v) is 12.3. The summed E-state index contributed by atoms with van der Waals surface area (Å²) >= 11 is 0. The van der Waals surface area contributed by atoms with Gasteiger partial charge in [0.1, 0.15) is 0 Å². The fourth-order valence-electron chi connectivity index (χ4n) is 2.33. The van der Waals surface area contributed by atoms with Crippen molar-refractivity contribution in [1.29, 1.82) is 0 Å². The summed E-state index contributed by atoms with van der Waals surface area (Å²) in [5.74, 6) is -1.50. The van der Waals surface area contributed by atoms with E-state index in [1.807, 2.05) is 0 Å². The van der Waals surface area contributed by atoms with Crippen LogP contribution in [0.15, 0.2) is 6.20 Å². The van der Waals surface area contributed by atoms with Crippen molar-refractivity contribution in [2.45, 2.75) is 39.5 Å². The van der Waals surface area contributed by atoms with Crippen LogP contribution in [0, 0.1) is 29.9 Å². The summed E-state index contributed by atoms with van der Waals surface area (Å²) in [5, 5.41) is 20.3. The Kier molecular flexibility index (Phi) is 6.23. The summed E-state index contributed by atoms with van der Waals surface area (Å²) < 4.78 is 0. The van der Waals surface area contributed by atoms with Crippen LogP contribution in [-0.4, -0.2) is 27.5 Å². The van der Waals surface area contributed by atoms with Gasteiger partial charge in [0.05, 0.1) is 16.5 Å². The van der Waals surface area contributed by atoms with E-state index in [0.29, 0.717) is 29.8 Å². The van der Waals surface area contributed by atoms with Crippen LogP contribution in [0.4, 0.5) is 5.69 Å². The molecule has 0 aliphatic heterocycles. The van der Waals surface area contributed by atoms with Crippen LogP contribution in [0.1, 0.15) is 36.1 Å². The van der Waals surface area contributed by atoms with Gasteiger partial charge in [-0.05, 0) is 33.2 Å². The molecule has 0 saturated carbocycles. The molecule has 1 unspecified atom stereocenters. The Morgan fingerprint density at radius 1 is 1.48 bits per heavy atom. The van der Waals surface area contributed by atoms with Crippen molar-refractivity contribution in [2.24, 2.45) is 11.7 Å². The number of nitro groups is 1. The highest BCUT2D eigenvalue weighted by Gasteiger charge is 2.24. The SMILES string of the molecule is Cc1cnc(CC(CCCCN)C(=O)O)c(C)c1[N+](=O)[O-]. The second-order valence-corrected chi connectivity index (χ2v) is 5.14. The normalized spacial score (nSPS) is 12.1. The van der Waals surface area contributed by atoms with E-state index in [4.69, 9.17) is 5.73 Å². The second-order valence-electron chi connectivity index (χ2n) is 5.14. The van der Waals surface area contributed by atoms with E-state index in [9.17, 15) is 20.0 Å². The molecule has 0 aromatic carbocycles. The maximum atomic E-state index is 11.3. The van der Waals surface area contributed by atoms with Crippen molar-refractivity contribution in [3.63, 3.8) is 0 Å². The Labute approximate surface area is 123 Å². The van der Waals surface area contributed by atoms with Gasteiger partial charge in [0.25, 0.3) is 5.69 Å². The Bertz CT molecular complexity index is 531. The lowest BCUT2D eigenvalue weighted by molar-refractivity contribution is -0.386. The number of carboxylic acid groups (broad SMARTS) is 1. The molecular weight excluding hydrogens is 274 g/mol. The van der Waals surface area contributed by atoms with E-state index in [-0.39, 0.29) is 12.1 Å². The van der Waals surface area contributed by atoms with Gasteiger partial charge in [0, 0.05) is 23.7 Å². The summed E-state index contributed by atoms with van der Waals surface area (Å²) in [6.45, 7) is 3.77. The van der Waals surface area contributed by atoms with E-state index in [2.05, 4.69) is 4.98 Å². The molecule has 3 N–H and O–H groups in total. The first-order chi connectivity index (χ1) is 9.88. The molecular formula is C14H21N3O4. The third-order valence-electron chi connectivity index (χ3n) is 3.55. The number of hydrogen-bond donors (Lipinski definition) is 2. The van der Waals surface area contributed by atoms with Crippen LogP contribution in [0.25, 0.3) is 0 Å². The largest absolute Gasteiger partial charge is 0.481 e. The number of aliphatic carboxylic acids is 1. The fourth-order valence-corrected chi connectivity index (χ4v) is 2.33. The van der Waals surface area contributed by atoms with E-state index in [1.54, 1.807) is 13.8 Å². The minimum atomic E-state index is -0.906. The average molecular weight is 295 g/mol. The first-order valence-electron chi connectivity index (χ1n) is 6.90. The predicted octanol–water partition coefficient (Wildman–Crippen LogP) is 1.98. The highest BCUT2D eigenvalue weighted by Crippen LogP contribution is 2.26. The number of hydrogen-bond acceptors (Lipinski definition) is 5. The molecule has 0 bridgehead atoms. The maximum Gasteiger partial charge on any atom is 0.306 e. The number of nitrogens with zero attached hydrogens (tertiary/aromatic N) is 2. The number of rotatable bonds is 8. The van der Waals surface area contributed by atoms with Gasteiger partial charge in [-0.3, -0.25) is 19.9 Å². The topological polar surface area (TPSA) is 119 Å². The predicted molar refractivity (Wildman–Crippen MR) is 78.1 cm³/mol. The lowest BCUT2D eigenvalue weighted by Gasteiger charge is -2.13. The molecule has 1 aromatic rings. The highest BCUT2D eigenvalue weighted by atomic mass is 16.6. The molecule has 0 fully saturated rings. The molecule has 1 rings (SSSR count). The van der Waals surface area contributed by atoms with E-state index in [1.165, 1.54) is 6.20 Å². The zero-order valence-electron chi connectivity index (χ0n) is 12.3. The van der Waals surface area contributed by atoms with E-state index >= 15 is 0 Å². The van der Waals surface area contributed by atoms with Gasteiger partial charge in [-0.15, -0.1) is 0 Å². The number of carboxylic acids is 1. The van der Waals surface area contributed by atoms with Crippen molar-refractivity contribution in [2.75, 3.05) is 6.54 Å². The van der Waals surface area contributed by atoms with Crippen molar-refractivity contribution in [3.8, 4) is 0 Å². The molecule has 0 spiro atoms. The number of carbonyl (C=O) groups is 1.